The van der Waals surface area contributed by atoms with Crippen LogP contribution >= 0.6 is 0 Å². The van der Waals surface area contributed by atoms with Gasteiger partial charge < -0.3 is 10.6 Å². The molecule has 0 aliphatic heterocycles. The van der Waals surface area contributed by atoms with Gasteiger partial charge in [0.15, 0.2) is 11.5 Å². The van der Waals surface area contributed by atoms with Crippen LogP contribution in [0.2, 0.25) is 0 Å². The Hall–Kier alpha value is -4.49. The zero-order chi connectivity index (χ0) is 27.7. The van der Waals surface area contributed by atoms with Crippen LogP contribution in [0.3, 0.4) is 0 Å². The van der Waals surface area contributed by atoms with Crippen LogP contribution in [-0.4, -0.2) is 19.2 Å². The minimum Gasteiger partial charge on any atom is -0.448 e. The monoisotopic (exact) mass is 523 g/mol. The summed E-state index contributed by atoms with van der Waals surface area (Å²) in [7, 11) is 0. The molecule has 1 unspecified atom stereocenters. The summed E-state index contributed by atoms with van der Waals surface area (Å²) >= 11 is 0. The molecular formula is C23H21F4N5O5. The van der Waals surface area contributed by atoms with Crippen LogP contribution in [0, 0.1) is 21.8 Å². The predicted octanol–water partition coefficient (Wildman–Crippen LogP) is 4.11. The summed E-state index contributed by atoms with van der Waals surface area (Å²) in [6.45, 7) is 7.70. The molecule has 0 amide bonds. The molecule has 2 aromatic heterocycles. The number of alkyl halides is 3. The Bertz CT molecular complexity index is 1500. The van der Waals surface area contributed by atoms with Crippen LogP contribution in [0.1, 0.15) is 31.7 Å². The molecule has 1 aromatic carbocycles. The van der Waals surface area contributed by atoms with Crippen molar-refractivity contribution in [3.8, 4) is 17.2 Å². The van der Waals surface area contributed by atoms with Gasteiger partial charge in [-0.2, -0.15) is 13.2 Å². The van der Waals surface area contributed by atoms with Crippen LogP contribution in [0.15, 0.2) is 58.3 Å². The molecule has 0 saturated carbocycles. The molecule has 0 bridgehead atoms. The molecule has 37 heavy (non-hydrogen) atoms. The molecule has 196 valence electrons. The molecule has 0 aliphatic carbocycles. The molecular weight excluding hydrogens is 502 g/mol. The van der Waals surface area contributed by atoms with E-state index in [0.29, 0.717) is 30.7 Å². The number of nitrogen functional groups attached to an aromatic ring is 1. The highest BCUT2D eigenvalue weighted by Gasteiger charge is 2.36. The third kappa shape index (κ3) is 5.52. The van der Waals surface area contributed by atoms with Crippen molar-refractivity contribution in [1.29, 1.82) is 0 Å². The maximum atomic E-state index is 14.9. The van der Waals surface area contributed by atoms with Crippen molar-refractivity contribution in [2.45, 2.75) is 32.9 Å². The highest BCUT2D eigenvalue weighted by Crippen LogP contribution is 2.36. The normalized spacial score (nSPS) is 12.3. The molecule has 0 saturated heterocycles. The highest BCUT2D eigenvalue weighted by molar-refractivity contribution is 5.56. The lowest BCUT2D eigenvalue weighted by atomic mass is 9.93. The van der Waals surface area contributed by atoms with Gasteiger partial charge in [0, 0.05) is 18.3 Å². The minimum absolute atomic E-state index is 0.00441. The first-order valence-corrected chi connectivity index (χ1v) is 10.7. The van der Waals surface area contributed by atoms with Gasteiger partial charge >= 0.3 is 17.6 Å². The highest BCUT2D eigenvalue weighted by atomic mass is 19.4. The Morgan fingerprint density at radius 2 is 1.95 bits per heavy atom. The van der Waals surface area contributed by atoms with Gasteiger partial charge in [-0.1, -0.05) is 19.1 Å². The van der Waals surface area contributed by atoms with Gasteiger partial charge in [0.1, 0.15) is 5.75 Å². The maximum absolute atomic E-state index is 14.9. The molecule has 10 nitrogen and oxygen atoms in total. The van der Waals surface area contributed by atoms with E-state index in [1.165, 1.54) is 18.3 Å². The fraction of sp³-hybridized carbons (Fsp3) is 0.261. The van der Waals surface area contributed by atoms with E-state index in [0.717, 1.165) is 5.57 Å². The average Bonchev–Trinajstić information content (AvgIpc) is 2.81. The summed E-state index contributed by atoms with van der Waals surface area (Å²) in [5, 5.41) is 11.6. The zero-order valence-corrected chi connectivity index (χ0v) is 19.6. The van der Waals surface area contributed by atoms with Crippen LogP contribution in [0.5, 0.6) is 11.5 Å². The summed E-state index contributed by atoms with van der Waals surface area (Å²) in [6, 6.07) is 4.00. The van der Waals surface area contributed by atoms with Gasteiger partial charge in [0.2, 0.25) is 5.75 Å². The first kappa shape index (κ1) is 27.1. The number of nitrogens with two attached hydrogens (primary N) is 1. The van der Waals surface area contributed by atoms with Crippen LogP contribution in [0.4, 0.5) is 23.2 Å². The van der Waals surface area contributed by atoms with Crippen molar-refractivity contribution in [1.82, 2.24) is 14.2 Å². The van der Waals surface area contributed by atoms with Crippen LogP contribution in [-0.2, 0) is 12.6 Å². The second-order valence-electron chi connectivity index (χ2n) is 8.09. The fourth-order valence-corrected chi connectivity index (χ4v) is 3.61. The summed E-state index contributed by atoms with van der Waals surface area (Å²) in [5.74, 6) is 3.25. The standard InChI is InChI=1S/C23H21F4N5O5/c1-4-13(12(2)3)8-15-18(6-5-7-29-15)37-19-10-16(14(24)9-17(19)32(35)36)30-21(33)11-20(23(25,26)27)31(28)22(30)34/h5-7,9-11,13H,2,4,8,28H2,1,3H3. The van der Waals surface area contributed by atoms with Gasteiger partial charge in [-0.15, -0.1) is 0 Å². The Morgan fingerprint density at radius 1 is 1.27 bits per heavy atom. The van der Waals surface area contributed by atoms with Crippen LogP contribution < -0.4 is 21.8 Å². The van der Waals surface area contributed by atoms with Gasteiger partial charge in [0.05, 0.1) is 22.4 Å². The number of pyridine rings is 1. The molecule has 0 aliphatic rings. The maximum Gasteiger partial charge on any atom is 0.433 e. The number of ether oxygens (including phenoxy) is 1. The van der Waals surface area contributed by atoms with Crippen molar-refractivity contribution >= 4 is 5.69 Å². The number of nitrogens with zero attached hydrogens (tertiary/aromatic N) is 4. The molecule has 1 atom stereocenters. The fourth-order valence-electron chi connectivity index (χ4n) is 3.61. The van der Waals surface area contributed by atoms with Crippen molar-refractivity contribution in [2.24, 2.45) is 5.92 Å². The lowest BCUT2D eigenvalue weighted by Gasteiger charge is -2.17. The average molecular weight is 523 g/mol. The van der Waals surface area contributed by atoms with E-state index in [1.807, 2.05) is 13.8 Å². The first-order valence-electron chi connectivity index (χ1n) is 10.7. The third-order valence-corrected chi connectivity index (χ3v) is 5.59. The van der Waals surface area contributed by atoms with Gasteiger partial charge in [-0.05, 0) is 37.8 Å². The zero-order valence-electron chi connectivity index (χ0n) is 19.6. The van der Waals surface area contributed by atoms with Gasteiger partial charge in [-0.25, -0.2) is 18.4 Å². The number of hydrogen-bond acceptors (Lipinski definition) is 7. The molecule has 2 heterocycles. The molecule has 14 heteroatoms. The SMILES string of the molecule is C=C(C)C(CC)Cc1ncccc1Oc1cc(-n2c(=O)cc(C(F)(F)F)n(N)c2=O)c(F)cc1[N+](=O)[O-]. The second-order valence-corrected chi connectivity index (χ2v) is 8.09. The number of halogens is 4. The molecule has 3 aromatic rings. The van der Waals surface area contributed by atoms with Crippen LogP contribution in [0.25, 0.3) is 5.69 Å². The Labute approximate surface area is 206 Å². The van der Waals surface area contributed by atoms with E-state index in [-0.39, 0.29) is 27.0 Å². The van der Waals surface area contributed by atoms with E-state index in [4.69, 9.17) is 10.6 Å². The molecule has 2 N–H and O–H groups in total. The lowest BCUT2D eigenvalue weighted by Crippen LogP contribution is -2.45. The number of nitro groups is 1. The Morgan fingerprint density at radius 3 is 2.51 bits per heavy atom. The van der Waals surface area contributed by atoms with Crippen molar-refractivity contribution < 1.29 is 27.2 Å². The van der Waals surface area contributed by atoms with Gasteiger partial charge in [0.25, 0.3) is 5.56 Å². The number of allylic oxidation sites excluding steroid dienone is 1. The number of nitro benzene ring substituents is 1. The number of hydrogen-bond donors (Lipinski definition) is 1. The van der Waals surface area contributed by atoms with Gasteiger partial charge in [-0.3, -0.25) is 19.9 Å². The van der Waals surface area contributed by atoms with E-state index < -0.39 is 51.0 Å². The van der Waals surface area contributed by atoms with E-state index >= 15 is 0 Å². The van der Waals surface area contributed by atoms with Crippen molar-refractivity contribution in [2.75, 3.05) is 5.84 Å². The molecule has 0 spiro atoms. The summed E-state index contributed by atoms with van der Waals surface area (Å²) in [4.78, 5) is 39.8. The topological polar surface area (TPSA) is 135 Å². The summed E-state index contributed by atoms with van der Waals surface area (Å²) in [6.07, 6.45) is -2.59. The Kier molecular flexibility index (Phi) is 7.50. The largest absolute Gasteiger partial charge is 0.448 e. The quantitative estimate of drug-likeness (QED) is 0.154. The number of rotatable bonds is 8. The number of aromatic nitrogens is 3. The van der Waals surface area contributed by atoms with Crippen molar-refractivity contribution in [3.63, 3.8) is 0 Å². The number of benzene rings is 1. The third-order valence-electron chi connectivity index (χ3n) is 5.59. The summed E-state index contributed by atoms with van der Waals surface area (Å²) in [5.41, 5.74) is -5.55. The first-order chi connectivity index (χ1) is 17.3. The Balaban J connectivity index is 2.20. The molecule has 0 radical (unpaired) electrons. The smallest absolute Gasteiger partial charge is 0.433 e. The van der Waals surface area contributed by atoms with Crippen molar-refractivity contribution in [3.05, 3.63) is 96.8 Å². The molecule has 0 fully saturated rings. The van der Waals surface area contributed by atoms with E-state index in [1.54, 1.807) is 0 Å². The van der Waals surface area contributed by atoms with E-state index in [9.17, 15) is 37.3 Å². The molecule has 3 rings (SSSR count). The lowest BCUT2D eigenvalue weighted by molar-refractivity contribution is -0.385. The second kappa shape index (κ2) is 10.2. The predicted molar refractivity (Wildman–Crippen MR) is 125 cm³/mol. The van der Waals surface area contributed by atoms with E-state index in [2.05, 4.69) is 11.6 Å². The minimum atomic E-state index is -5.15. The summed E-state index contributed by atoms with van der Waals surface area (Å²) < 4.78 is 59.5.